The average molecular weight is 792 g/mol. The van der Waals surface area contributed by atoms with Crippen molar-refractivity contribution in [3.05, 3.63) is 224 Å². The van der Waals surface area contributed by atoms with E-state index in [0.717, 1.165) is 66.8 Å². The third-order valence-corrected chi connectivity index (χ3v) is 12.7. The topological polar surface area (TPSA) is 26.2 Å². The molecule has 0 radical (unpaired) electrons. The van der Waals surface area contributed by atoms with Gasteiger partial charge in [-0.1, -0.05) is 152 Å². The van der Waals surface area contributed by atoms with E-state index in [1.165, 1.54) is 49.0 Å². The zero-order valence-electron chi connectivity index (χ0n) is 33.6. The van der Waals surface area contributed by atoms with Crippen LogP contribution in [0.25, 0.3) is 98.8 Å². The van der Waals surface area contributed by atoms with E-state index in [4.69, 9.17) is 4.42 Å². The fourth-order valence-electron chi connectivity index (χ4n) is 10.00. The largest absolute Gasteiger partial charge is 0.454 e. The van der Waals surface area contributed by atoms with Crippen LogP contribution in [0.1, 0.15) is 0 Å². The molecule has 0 unspecified atom stereocenters. The van der Waals surface area contributed by atoms with Crippen molar-refractivity contribution in [1.29, 1.82) is 0 Å². The first-order chi connectivity index (χ1) is 30.8. The van der Waals surface area contributed by atoms with Gasteiger partial charge >= 0.3 is 0 Å². The van der Waals surface area contributed by atoms with Gasteiger partial charge in [0.05, 0.1) is 39.1 Å². The standard InChI is InChI=1S/C58H37N3O/c1-2-19-41(20-3-1)59-51-28-10-7-25-48(51)57-52(59)30-15-31-53(57)60(54-32-14-26-47-46-24-8-11-33-56(46)62-58(47)54)42-21-12-18-39(36-42)40-34-35-45-44-23-6-9-27-50(44)61(55(45)37-40)49-29-13-17-38-16-4-5-22-43(38)49/h1-37H. The second-order valence-corrected chi connectivity index (χ2v) is 16.1. The summed E-state index contributed by atoms with van der Waals surface area (Å²) in [6, 6.07) is 80.9. The number of anilines is 3. The first-order valence-corrected chi connectivity index (χ1v) is 21.2. The Kier molecular flexibility index (Phi) is 7.57. The first-order valence-electron chi connectivity index (χ1n) is 21.2. The van der Waals surface area contributed by atoms with Crippen LogP contribution < -0.4 is 4.90 Å². The van der Waals surface area contributed by atoms with Crippen molar-refractivity contribution in [2.45, 2.75) is 0 Å². The van der Waals surface area contributed by atoms with Crippen molar-refractivity contribution in [3.63, 3.8) is 0 Å². The molecule has 0 saturated carbocycles. The van der Waals surface area contributed by atoms with Crippen LogP contribution in [0.15, 0.2) is 229 Å². The summed E-state index contributed by atoms with van der Waals surface area (Å²) in [6.45, 7) is 0. The molecule has 4 nitrogen and oxygen atoms in total. The summed E-state index contributed by atoms with van der Waals surface area (Å²) in [4.78, 5) is 2.41. The van der Waals surface area contributed by atoms with Crippen LogP contribution >= 0.6 is 0 Å². The highest BCUT2D eigenvalue weighted by molar-refractivity contribution is 6.18. The molecule has 4 heteroatoms. The molecule has 0 amide bonds. The minimum atomic E-state index is 0.851. The molecule has 0 spiro atoms. The lowest BCUT2D eigenvalue weighted by Gasteiger charge is -2.27. The number of fused-ring (bicyclic) bond motifs is 10. The Balaban J connectivity index is 1.07. The highest BCUT2D eigenvalue weighted by Gasteiger charge is 2.25. The van der Waals surface area contributed by atoms with E-state index < -0.39 is 0 Å². The number of hydrogen-bond acceptors (Lipinski definition) is 2. The van der Waals surface area contributed by atoms with E-state index in [-0.39, 0.29) is 0 Å². The lowest BCUT2D eigenvalue weighted by molar-refractivity contribution is 0.669. The summed E-state index contributed by atoms with van der Waals surface area (Å²) < 4.78 is 11.6. The lowest BCUT2D eigenvalue weighted by Crippen LogP contribution is -2.11. The fourth-order valence-corrected chi connectivity index (χ4v) is 10.00. The Labute approximate surface area is 357 Å². The highest BCUT2D eigenvalue weighted by Crippen LogP contribution is 2.48. The molecule has 62 heavy (non-hydrogen) atoms. The zero-order chi connectivity index (χ0) is 40.7. The van der Waals surface area contributed by atoms with Gasteiger partial charge in [0.2, 0.25) is 0 Å². The fraction of sp³-hybridized carbons (Fsp3) is 0. The van der Waals surface area contributed by atoms with Gasteiger partial charge in [0.25, 0.3) is 0 Å². The summed E-state index contributed by atoms with van der Waals surface area (Å²) in [5.74, 6) is 0. The monoisotopic (exact) mass is 791 g/mol. The molecule has 0 N–H and O–H groups in total. The van der Waals surface area contributed by atoms with Gasteiger partial charge in [-0.25, -0.2) is 0 Å². The van der Waals surface area contributed by atoms with E-state index in [9.17, 15) is 0 Å². The SMILES string of the molecule is c1ccc(-n2c3ccccc3c3c(N(c4cccc(-c5ccc6c7ccccc7n(-c7cccc8ccccc78)c6c5)c4)c4cccc5c4oc4ccccc45)cccc32)cc1. The number of hydrogen-bond donors (Lipinski definition) is 0. The third-order valence-electron chi connectivity index (χ3n) is 12.7. The van der Waals surface area contributed by atoms with Gasteiger partial charge < -0.3 is 18.5 Å². The van der Waals surface area contributed by atoms with Gasteiger partial charge in [-0.2, -0.15) is 0 Å². The number of benzene rings is 10. The van der Waals surface area contributed by atoms with Crippen molar-refractivity contribution >= 4 is 93.4 Å². The molecule has 0 aliphatic heterocycles. The maximum absolute atomic E-state index is 6.81. The molecule has 3 heterocycles. The van der Waals surface area contributed by atoms with Gasteiger partial charge in [0.15, 0.2) is 5.58 Å². The molecule has 13 rings (SSSR count). The van der Waals surface area contributed by atoms with Crippen LogP contribution in [0.4, 0.5) is 17.1 Å². The molecule has 0 atom stereocenters. The molecular formula is C58H37N3O. The number of para-hydroxylation sites is 5. The average Bonchev–Trinajstić information content (AvgIpc) is 4.00. The predicted octanol–water partition coefficient (Wildman–Crippen LogP) is 16.1. The Morgan fingerprint density at radius 1 is 0.355 bits per heavy atom. The lowest BCUT2D eigenvalue weighted by atomic mass is 10.0. The van der Waals surface area contributed by atoms with Gasteiger partial charge in [0, 0.05) is 49.1 Å². The molecule has 0 aliphatic rings. The molecule has 10 aromatic carbocycles. The van der Waals surface area contributed by atoms with E-state index in [1.807, 2.05) is 6.07 Å². The summed E-state index contributed by atoms with van der Waals surface area (Å²) >= 11 is 0. The first kappa shape index (κ1) is 34.5. The smallest absolute Gasteiger partial charge is 0.159 e. The van der Waals surface area contributed by atoms with E-state index in [1.54, 1.807) is 0 Å². The van der Waals surface area contributed by atoms with E-state index >= 15 is 0 Å². The molecule has 0 fully saturated rings. The van der Waals surface area contributed by atoms with Gasteiger partial charge in [-0.05, 0) is 89.3 Å². The third kappa shape index (κ3) is 5.14. The summed E-state index contributed by atoms with van der Waals surface area (Å²) in [5.41, 5.74) is 14.0. The van der Waals surface area contributed by atoms with Crippen LogP contribution in [0.3, 0.4) is 0 Å². The van der Waals surface area contributed by atoms with Crippen molar-refractivity contribution in [1.82, 2.24) is 9.13 Å². The highest BCUT2D eigenvalue weighted by atomic mass is 16.3. The van der Waals surface area contributed by atoms with Gasteiger partial charge in [-0.15, -0.1) is 0 Å². The number of aromatic nitrogens is 2. The van der Waals surface area contributed by atoms with Crippen molar-refractivity contribution in [3.8, 4) is 22.5 Å². The maximum Gasteiger partial charge on any atom is 0.159 e. The molecule has 3 aromatic heterocycles. The molecule has 0 saturated heterocycles. The molecule has 0 bridgehead atoms. The molecule has 13 aromatic rings. The minimum Gasteiger partial charge on any atom is -0.454 e. The van der Waals surface area contributed by atoms with E-state index in [2.05, 4.69) is 232 Å². The van der Waals surface area contributed by atoms with Crippen LogP contribution in [0.2, 0.25) is 0 Å². The van der Waals surface area contributed by atoms with Crippen molar-refractivity contribution in [2.24, 2.45) is 0 Å². The Morgan fingerprint density at radius 3 is 1.85 bits per heavy atom. The number of furan rings is 1. The normalized spacial score (nSPS) is 11.9. The van der Waals surface area contributed by atoms with Gasteiger partial charge in [-0.3, -0.25) is 0 Å². The predicted molar refractivity (Wildman–Crippen MR) is 260 cm³/mol. The van der Waals surface area contributed by atoms with Crippen LogP contribution in [0, 0.1) is 0 Å². The molecule has 0 aliphatic carbocycles. The molecule has 290 valence electrons. The van der Waals surface area contributed by atoms with Crippen LogP contribution in [-0.2, 0) is 0 Å². The summed E-state index contributed by atoms with van der Waals surface area (Å²) in [7, 11) is 0. The van der Waals surface area contributed by atoms with Gasteiger partial charge in [0.1, 0.15) is 5.58 Å². The van der Waals surface area contributed by atoms with E-state index in [0.29, 0.717) is 0 Å². The maximum atomic E-state index is 6.81. The zero-order valence-corrected chi connectivity index (χ0v) is 33.6. The molecular weight excluding hydrogens is 755 g/mol. The second-order valence-electron chi connectivity index (χ2n) is 16.1. The van der Waals surface area contributed by atoms with Crippen molar-refractivity contribution < 1.29 is 4.42 Å². The Bertz CT molecular complexity index is 3880. The quantitative estimate of drug-likeness (QED) is 0.168. The second kappa shape index (κ2) is 13.6. The van der Waals surface area contributed by atoms with Crippen LogP contribution in [0.5, 0.6) is 0 Å². The Hall–Kier alpha value is -8.34. The Morgan fingerprint density at radius 2 is 0.968 bits per heavy atom. The van der Waals surface area contributed by atoms with Crippen LogP contribution in [-0.4, -0.2) is 9.13 Å². The summed E-state index contributed by atoms with van der Waals surface area (Å²) in [5, 5.41) is 9.47. The minimum absolute atomic E-state index is 0.851. The van der Waals surface area contributed by atoms with Crippen molar-refractivity contribution in [2.75, 3.05) is 4.90 Å². The number of rotatable bonds is 6. The number of nitrogens with zero attached hydrogens (tertiary/aromatic N) is 3. The summed E-state index contributed by atoms with van der Waals surface area (Å²) in [6.07, 6.45) is 0.